The highest BCUT2D eigenvalue weighted by molar-refractivity contribution is 5.87. The quantitative estimate of drug-likeness (QED) is 0.859. The third-order valence-corrected chi connectivity index (χ3v) is 2.43. The van der Waals surface area contributed by atoms with Crippen molar-refractivity contribution < 1.29 is 32.6 Å². The van der Waals surface area contributed by atoms with E-state index in [2.05, 4.69) is 0 Å². The van der Waals surface area contributed by atoms with Crippen LogP contribution in [0.15, 0.2) is 24.3 Å². The molecular weight excluding hydrogens is 279 g/mol. The number of carboxylic acid groups (broad SMARTS) is 1. The number of rotatable bonds is 5. The van der Waals surface area contributed by atoms with Crippen molar-refractivity contribution in [2.45, 2.75) is 18.6 Å². The highest BCUT2D eigenvalue weighted by Crippen LogP contribution is 2.17. The molecular formula is C12H12F3NO4. The summed E-state index contributed by atoms with van der Waals surface area (Å²) >= 11 is 0. The second-order valence-electron chi connectivity index (χ2n) is 3.92. The van der Waals surface area contributed by atoms with Crippen LogP contribution in [0.5, 0.6) is 5.75 Å². The molecule has 1 atom stereocenters. The molecule has 2 N–H and O–H groups in total. The summed E-state index contributed by atoms with van der Waals surface area (Å²) in [6, 6.07) is 4.51. The average Bonchev–Trinajstić information content (AvgIpc) is 2.36. The van der Waals surface area contributed by atoms with E-state index in [9.17, 15) is 22.8 Å². The van der Waals surface area contributed by atoms with Crippen LogP contribution in [0.25, 0.3) is 0 Å². The van der Waals surface area contributed by atoms with E-state index >= 15 is 0 Å². The molecule has 1 aromatic carbocycles. The molecule has 0 aliphatic heterocycles. The van der Waals surface area contributed by atoms with Gasteiger partial charge < -0.3 is 15.2 Å². The molecule has 110 valence electrons. The number of methoxy groups -OCH3 is 1. The van der Waals surface area contributed by atoms with Gasteiger partial charge in [-0.1, -0.05) is 12.1 Å². The number of carbonyl (C=O) groups is 2. The molecule has 0 spiro atoms. The number of amides is 1. The first-order chi connectivity index (χ1) is 9.24. The number of ether oxygens (including phenoxy) is 1. The van der Waals surface area contributed by atoms with Gasteiger partial charge in [-0.15, -0.1) is 0 Å². The topological polar surface area (TPSA) is 75.6 Å². The molecule has 0 fully saturated rings. The standard InChI is InChI=1S/C12H12F3NO4/c1-20-8-4-2-3-7(5-8)6-9(10(17)18)16-11(19)12(13,14)15/h2-5,9H,6H2,1H3,(H,16,19)(H,17,18). The van der Waals surface area contributed by atoms with Crippen molar-refractivity contribution in [3.63, 3.8) is 0 Å². The Hall–Kier alpha value is -2.25. The molecule has 0 aromatic heterocycles. The number of alkyl halides is 3. The first kappa shape index (κ1) is 15.8. The van der Waals surface area contributed by atoms with Crippen LogP contribution in [0.3, 0.4) is 0 Å². The zero-order valence-corrected chi connectivity index (χ0v) is 10.4. The van der Waals surface area contributed by atoms with Crippen molar-refractivity contribution in [1.29, 1.82) is 0 Å². The van der Waals surface area contributed by atoms with Crippen molar-refractivity contribution >= 4 is 11.9 Å². The second kappa shape index (κ2) is 6.27. The maximum atomic E-state index is 12.1. The van der Waals surface area contributed by atoms with E-state index in [1.165, 1.54) is 24.6 Å². The number of nitrogens with one attached hydrogen (secondary N) is 1. The van der Waals surface area contributed by atoms with Crippen LogP contribution in [-0.2, 0) is 16.0 Å². The Bertz CT molecular complexity index is 502. The van der Waals surface area contributed by atoms with Crippen molar-refractivity contribution in [1.82, 2.24) is 5.32 Å². The number of benzene rings is 1. The fourth-order valence-corrected chi connectivity index (χ4v) is 1.48. The van der Waals surface area contributed by atoms with Gasteiger partial charge in [-0.25, -0.2) is 4.79 Å². The van der Waals surface area contributed by atoms with E-state index in [1.54, 1.807) is 12.1 Å². The average molecular weight is 291 g/mol. The zero-order chi connectivity index (χ0) is 15.3. The Morgan fingerprint density at radius 1 is 1.40 bits per heavy atom. The molecule has 1 rings (SSSR count). The summed E-state index contributed by atoms with van der Waals surface area (Å²) in [4.78, 5) is 21.7. The smallest absolute Gasteiger partial charge is 0.471 e. The third-order valence-electron chi connectivity index (χ3n) is 2.43. The van der Waals surface area contributed by atoms with Gasteiger partial charge in [-0.3, -0.25) is 4.79 Å². The first-order valence-electron chi connectivity index (χ1n) is 5.47. The lowest BCUT2D eigenvalue weighted by Crippen LogP contribution is -2.47. The summed E-state index contributed by atoms with van der Waals surface area (Å²) in [5.41, 5.74) is 0.430. The largest absolute Gasteiger partial charge is 0.497 e. The Morgan fingerprint density at radius 2 is 2.05 bits per heavy atom. The predicted octanol–water partition coefficient (Wildman–Crippen LogP) is 1.37. The summed E-state index contributed by atoms with van der Waals surface area (Å²) in [6.07, 6.45) is -5.41. The van der Waals surface area contributed by atoms with Crippen LogP contribution in [-0.4, -0.2) is 36.3 Å². The van der Waals surface area contributed by atoms with Crippen LogP contribution in [0.2, 0.25) is 0 Å². The van der Waals surface area contributed by atoms with Gasteiger partial charge in [-0.2, -0.15) is 13.2 Å². The van der Waals surface area contributed by atoms with E-state index in [4.69, 9.17) is 9.84 Å². The van der Waals surface area contributed by atoms with Crippen LogP contribution in [0.1, 0.15) is 5.56 Å². The summed E-state index contributed by atoms with van der Waals surface area (Å²) < 4.78 is 41.2. The number of carboxylic acids is 1. The molecule has 0 saturated heterocycles. The highest BCUT2D eigenvalue weighted by Gasteiger charge is 2.40. The normalized spacial score (nSPS) is 12.6. The summed E-state index contributed by atoms with van der Waals surface area (Å²) in [6.45, 7) is 0. The maximum Gasteiger partial charge on any atom is 0.471 e. The zero-order valence-electron chi connectivity index (χ0n) is 10.4. The van der Waals surface area contributed by atoms with E-state index in [0.717, 1.165) is 0 Å². The third kappa shape index (κ3) is 4.45. The monoisotopic (exact) mass is 291 g/mol. The molecule has 0 bridgehead atoms. The van der Waals surface area contributed by atoms with E-state index in [1.807, 2.05) is 0 Å². The summed E-state index contributed by atoms with van der Waals surface area (Å²) in [5.74, 6) is -3.40. The Labute approximate surface area is 112 Å². The molecule has 1 amide bonds. The molecule has 1 aromatic rings. The number of hydrogen-bond acceptors (Lipinski definition) is 3. The van der Waals surface area contributed by atoms with Crippen LogP contribution in [0.4, 0.5) is 13.2 Å². The minimum atomic E-state index is -5.12. The van der Waals surface area contributed by atoms with Crippen LogP contribution >= 0.6 is 0 Å². The molecule has 0 saturated carbocycles. The van der Waals surface area contributed by atoms with E-state index in [0.29, 0.717) is 11.3 Å². The van der Waals surface area contributed by atoms with E-state index in [-0.39, 0.29) is 6.42 Å². The van der Waals surface area contributed by atoms with Crippen molar-refractivity contribution in [2.75, 3.05) is 7.11 Å². The van der Waals surface area contributed by atoms with Gasteiger partial charge in [0.2, 0.25) is 0 Å². The van der Waals surface area contributed by atoms with Gasteiger partial charge in [0.25, 0.3) is 0 Å². The molecule has 0 aliphatic carbocycles. The fourth-order valence-electron chi connectivity index (χ4n) is 1.48. The summed E-state index contributed by atoms with van der Waals surface area (Å²) in [5, 5.41) is 10.3. The summed E-state index contributed by atoms with van der Waals surface area (Å²) in [7, 11) is 1.40. The lowest BCUT2D eigenvalue weighted by molar-refractivity contribution is -0.175. The SMILES string of the molecule is COc1cccc(CC(NC(=O)C(F)(F)F)C(=O)O)c1. The van der Waals surface area contributed by atoms with Gasteiger partial charge in [0, 0.05) is 6.42 Å². The molecule has 8 heteroatoms. The number of aliphatic carboxylic acids is 1. The lowest BCUT2D eigenvalue weighted by Gasteiger charge is -2.16. The molecule has 0 heterocycles. The Kier molecular flexibility index (Phi) is 4.95. The fraction of sp³-hybridized carbons (Fsp3) is 0.333. The van der Waals surface area contributed by atoms with Gasteiger partial charge in [0.05, 0.1) is 7.11 Å². The molecule has 1 unspecified atom stereocenters. The predicted molar refractivity (Wildman–Crippen MR) is 62.3 cm³/mol. The second-order valence-corrected chi connectivity index (χ2v) is 3.92. The van der Waals surface area contributed by atoms with Gasteiger partial charge >= 0.3 is 18.1 Å². The lowest BCUT2D eigenvalue weighted by atomic mass is 10.1. The van der Waals surface area contributed by atoms with Gasteiger partial charge in [-0.05, 0) is 17.7 Å². The van der Waals surface area contributed by atoms with Crippen molar-refractivity contribution in [3.8, 4) is 5.75 Å². The number of halogens is 3. The van der Waals surface area contributed by atoms with Crippen LogP contribution in [0, 0.1) is 0 Å². The van der Waals surface area contributed by atoms with E-state index < -0.39 is 24.1 Å². The molecule has 0 radical (unpaired) electrons. The Morgan fingerprint density at radius 3 is 2.55 bits per heavy atom. The maximum absolute atomic E-state index is 12.1. The Balaban J connectivity index is 2.82. The van der Waals surface area contributed by atoms with Crippen molar-refractivity contribution in [3.05, 3.63) is 29.8 Å². The highest BCUT2D eigenvalue weighted by atomic mass is 19.4. The van der Waals surface area contributed by atoms with Crippen LogP contribution < -0.4 is 10.1 Å². The minimum Gasteiger partial charge on any atom is -0.497 e. The van der Waals surface area contributed by atoms with Crippen molar-refractivity contribution in [2.24, 2.45) is 0 Å². The number of carbonyl (C=O) groups excluding carboxylic acids is 1. The number of hydrogen-bond donors (Lipinski definition) is 2. The first-order valence-corrected chi connectivity index (χ1v) is 5.47. The molecule has 20 heavy (non-hydrogen) atoms. The van der Waals surface area contributed by atoms with Gasteiger partial charge in [0.15, 0.2) is 0 Å². The molecule has 0 aliphatic rings. The minimum absolute atomic E-state index is 0.283. The van der Waals surface area contributed by atoms with Gasteiger partial charge in [0.1, 0.15) is 11.8 Å². The molecule has 5 nitrogen and oxygen atoms in total.